The van der Waals surface area contributed by atoms with Gasteiger partial charge in [0.1, 0.15) is 0 Å². The van der Waals surface area contributed by atoms with Crippen LogP contribution in [0.4, 0.5) is 0 Å². The molecule has 2 nitrogen and oxygen atoms in total. The molecule has 0 aliphatic rings. The molecule has 3 heteroatoms. The van der Waals surface area contributed by atoms with Crippen molar-refractivity contribution in [1.29, 1.82) is 0 Å². The van der Waals surface area contributed by atoms with Crippen LogP contribution >= 0.6 is 15.9 Å². The van der Waals surface area contributed by atoms with Gasteiger partial charge in [0.15, 0.2) is 0 Å². The summed E-state index contributed by atoms with van der Waals surface area (Å²) in [4.78, 5) is 0. The van der Waals surface area contributed by atoms with E-state index in [0.29, 0.717) is 0 Å². The molecule has 0 bridgehead atoms. The molecule has 0 amide bonds. The fourth-order valence-corrected chi connectivity index (χ4v) is 2.37. The quantitative estimate of drug-likeness (QED) is 0.884. The lowest BCUT2D eigenvalue weighted by Gasteiger charge is -2.30. The van der Waals surface area contributed by atoms with Crippen molar-refractivity contribution < 1.29 is 5.11 Å². The van der Waals surface area contributed by atoms with Crippen LogP contribution in [0.5, 0.6) is 0 Å². The summed E-state index contributed by atoms with van der Waals surface area (Å²) in [6.07, 6.45) is 0. The zero-order valence-electron chi connectivity index (χ0n) is 10.9. The summed E-state index contributed by atoms with van der Waals surface area (Å²) < 4.78 is 1.02. The standard InChI is InChI=1S/C16H18BrNO/c1-16(12-19,14-8-5-9-15(17)10-14)18-11-13-6-3-2-4-7-13/h2-10,18-19H,11-12H2,1H3. The first kappa shape index (κ1) is 14.3. The summed E-state index contributed by atoms with van der Waals surface area (Å²) >= 11 is 3.47. The third-order valence-electron chi connectivity index (χ3n) is 3.30. The SMILES string of the molecule is CC(CO)(NCc1ccccc1)c1cccc(Br)c1. The zero-order valence-corrected chi connectivity index (χ0v) is 12.5. The lowest BCUT2D eigenvalue weighted by molar-refractivity contribution is 0.173. The molecule has 0 aliphatic heterocycles. The molecule has 0 heterocycles. The number of aliphatic hydroxyl groups excluding tert-OH is 1. The molecule has 2 rings (SSSR count). The average Bonchev–Trinajstić information content (AvgIpc) is 2.46. The van der Waals surface area contributed by atoms with Crippen LogP contribution in [0.1, 0.15) is 18.1 Å². The van der Waals surface area contributed by atoms with Gasteiger partial charge in [0.25, 0.3) is 0 Å². The molecule has 0 radical (unpaired) electrons. The summed E-state index contributed by atoms with van der Waals surface area (Å²) in [7, 11) is 0. The lowest BCUT2D eigenvalue weighted by atomic mass is 9.92. The Hall–Kier alpha value is -1.16. The van der Waals surface area contributed by atoms with Gasteiger partial charge in [-0.2, -0.15) is 0 Å². The van der Waals surface area contributed by atoms with Crippen molar-refractivity contribution in [2.75, 3.05) is 6.61 Å². The summed E-state index contributed by atoms with van der Waals surface area (Å²) in [5.74, 6) is 0. The second-order valence-electron chi connectivity index (χ2n) is 4.84. The van der Waals surface area contributed by atoms with E-state index in [1.54, 1.807) is 0 Å². The largest absolute Gasteiger partial charge is 0.394 e. The molecule has 0 spiro atoms. The Kier molecular flexibility index (Phi) is 4.75. The third kappa shape index (κ3) is 3.66. The van der Waals surface area contributed by atoms with Gasteiger partial charge in [-0.15, -0.1) is 0 Å². The molecule has 0 saturated heterocycles. The average molecular weight is 320 g/mol. The van der Waals surface area contributed by atoms with Crippen molar-refractivity contribution in [3.05, 3.63) is 70.2 Å². The maximum absolute atomic E-state index is 9.73. The van der Waals surface area contributed by atoms with E-state index in [4.69, 9.17) is 0 Å². The third-order valence-corrected chi connectivity index (χ3v) is 3.80. The van der Waals surface area contributed by atoms with Gasteiger partial charge in [-0.1, -0.05) is 58.4 Å². The Morgan fingerprint density at radius 3 is 2.47 bits per heavy atom. The minimum atomic E-state index is -0.445. The van der Waals surface area contributed by atoms with Crippen molar-refractivity contribution in [2.24, 2.45) is 0 Å². The fraction of sp³-hybridized carbons (Fsp3) is 0.250. The number of hydrogen-bond donors (Lipinski definition) is 2. The van der Waals surface area contributed by atoms with Crippen LogP contribution in [0.25, 0.3) is 0 Å². The van der Waals surface area contributed by atoms with E-state index in [0.717, 1.165) is 16.6 Å². The molecule has 2 aromatic rings. The number of rotatable bonds is 5. The first-order chi connectivity index (χ1) is 9.14. The minimum absolute atomic E-state index is 0.0519. The molecule has 0 fully saturated rings. The van der Waals surface area contributed by atoms with E-state index in [9.17, 15) is 5.11 Å². The van der Waals surface area contributed by atoms with Crippen LogP contribution in [0.15, 0.2) is 59.1 Å². The monoisotopic (exact) mass is 319 g/mol. The second-order valence-corrected chi connectivity index (χ2v) is 5.76. The summed E-state index contributed by atoms with van der Waals surface area (Å²) in [6, 6.07) is 18.2. The Labute approximate surface area is 122 Å². The molecule has 2 N–H and O–H groups in total. The van der Waals surface area contributed by atoms with Crippen LogP contribution in [0.2, 0.25) is 0 Å². The minimum Gasteiger partial charge on any atom is -0.394 e. The summed E-state index contributed by atoms with van der Waals surface area (Å²) in [6.45, 7) is 2.79. The summed E-state index contributed by atoms with van der Waals surface area (Å²) in [5.41, 5.74) is 1.83. The van der Waals surface area contributed by atoms with Gasteiger partial charge >= 0.3 is 0 Å². The van der Waals surface area contributed by atoms with E-state index in [-0.39, 0.29) is 6.61 Å². The van der Waals surface area contributed by atoms with Crippen molar-refractivity contribution in [1.82, 2.24) is 5.32 Å². The van der Waals surface area contributed by atoms with Gasteiger partial charge < -0.3 is 10.4 Å². The Balaban J connectivity index is 2.14. The van der Waals surface area contributed by atoms with Gasteiger partial charge in [0, 0.05) is 11.0 Å². The van der Waals surface area contributed by atoms with Crippen LogP contribution in [-0.2, 0) is 12.1 Å². The van der Waals surface area contributed by atoms with Crippen molar-refractivity contribution in [3.8, 4) is 0 Å². The number of benzene rings is 2. The highest BCUT2D eigenvalue weighted by Gasteiger charge is 2.25. The van der Waals surface area contributed by atoms with E-state index >= 15 is 0 Å². The van der Waals surface area contributed by atoms with Gasteiger partial charge in [-0.3, -0.25) is 0 Å². The Morgan fingerprint density at radius 1 is 1.11 bits per heavy atom. The van der Waals surface area contributed by atoms with Crippen LogP contribution in [0.3, 0.4) is 0 Å². The van der Waals surface area contributed by atoms with Gasteiger partial charge in [-0.25, -0.2) is 0 Å². The molecule has 100 valence electrons. The first-order valence-electron chi connectivity index (χ1n) is 6.30. The molecule has 1 unspecified atom stereocenters. The number of aliphatic hydroxyl groups is 1. The van der Waals surface area contributed by atoms with E-state index in [1.165, 1.54) is 5.56 Å². The first-order valence-corrected chi connectivity index (χ1v) is 7.09. The van der Waals surface area contributed by atoms with Gasteiger partial charge in [-0.05, 0) is 30.2 Å². The number of halogens is 1. The predicted octanol–water partition coefficient (Wildman–Crippen LogP) is 3.45. The van der Waals surface area contributed by atoms with Gasteiger partial charge in [0.2, 0.25) is 0 Å². The molecule has 2 aromatic carbocycles. The number of hydrogen-bond acceptors (Lipinski definition) is 2. The molecular weight excluding hydrogens is 302 g/mol. The molecule has 0 saturated carbocycles. The summed E-state index contributed by atoms with van der Waals surface area (Å²) in [5, 5.41) is 13.2. The highest BCUT2D eigenvalue weighted by Crippen LogP contribution is 2.24. The smallest absolute Gasteiger partial charge is 0.0652 e. The molecule has 19 heavy (non-hydrogen) atoms. The molecule has 0 aromatic heterocycles. The topological polar surface area (TPSA) is 32.3 Å². The van der Waals surface area contributed by atoms with Crippen LogP contribution in [-0.4, -0.2) is 11.7 Å². The van der Waals surface area contributed by atoms with E-state index in [2.05, 4.69) is 33.4 Å². The van der Waals surface area contributed by atoms with E-state index < -0.39 is 5.54 Å². The highest BCUT2D eigenvalue weighted by molar-refractivity contribution is 9.10. The van der Waals surface area contributed by atoms with Crippen molar-refractivity contribution in [3.63, 3.8) is 0 Å². The molecule has 1 atom stereocenters. The molecule has 0 aliphatic carbocycles. The van der Waals surface area contributed by atoms with Crippen molar-refractivity contribution in [2.45, 2.75) is 19.0 Å². The maximum atomic E-state index is 9.73. The van der Waals surface area contributed by atoms with Crippen molar-refractivity contribution >= 4 is 15.9 Å². The second kappa shape index (κ2) is 6.33. The van der Waals surface area contributed by atoms with Crippen LogP contribution in [0, 0.1) is 0 Å². The molecular formula is C16H18BrNO. The van der Waals surface area contributed by atoms with Crippen LogP contribution < -0.4 is 5.32 Å². The Bertz CT molecular complexity index is 529. The fourth-order valence-electron chi connectivity index (χ4n) is 1.97. The zero-order chi connectivity index (χ0) is 13.7. The maximum Gasteiger partial charge on any atom is 0.0652 e. The van der Waals surface area contributed by atoms with E-state index in [1.807, 2.05) is 49.4 Å². The highest BCUT2D eigenvalue weighted by atomic mass is 79.9. The lowest BCUT2D eigenvalue weighted by Crippen LogP contribution is -2.42. The Morgan fingerprint density at radius 2 is 1.84 bits per heavy atom. The normalized spacial score (nSPS) is 14.1. The van der Waals surface area contributed by atoms with Gasteiger partial charge in [0.05, 0.1) is 12.1 Å². The predicted molar refractivity (Wildman–Crippen MR) is 81.9 cm³/mol. The number of nitrogens with one attached hydrogen (secondary N) is 1.